The van der Waals surface area contributed by atoms with Crippen LogP contribution in [0, 0.1) is 17.8 Å². The Morgan fingerprint density at radius 2 is 2.40 bits per heavy atom. The van der Waals surface area contributed by atoms with Gasteiger partial charge < -0.3 is 4.74 Å². The molecule has 0 bridgehead atoms. The van der Waals surface area contributed by atoms with Gasteiger partial charge in [-0.15, -0.1) is 0 Å². The third-order valence-corrected chi connectivity index (χ3v) is 3.25. The zero-order valence-electron chi connectivity index (χ0n) is 6.12. The highest BCUT2D eigenvalue weighted by Gasteiger charge is 2.42. The molecule has 2 rings (SSSR count). The van der Waals surface area contributed by atoms with Crippen LogP contribution in [0.15, 0.2) is 0 Å². The molecule has 0 spiro atoms. The zero-order valence-corrected chi connectivity index (χ0v) is 7.02. The highest BCUT2D eigenvalue weighted by molar-refractivity contribution is 7.80. The first kappa shape index (κ1) is 6.99. The summed E-state index contributed by atoms with van der Waals surface area (Å²) in [5.74, 6) is 3.87. The molecule has 3 unspecified atom stereocenters. The topological polar surface area (TPSA) is 9.23 Å². The molecule has 2 heteroatoms. The molecule has 0 radical (unpaired) electrons. The van der Waals surface area contributed by atoms with E-state index in [-0.39, 0.29) is 0 Å². The van der Waals surface area contributed by atoms with E-state index in [1.165, 1.54) is 12.8 Å². The molecule has 0 aromatic rings. The van der Waals surface area contributed by atoms with Crippen LogP contribution < -0.4 is 0 Å². The molecule has 1 saturated carbocycles. The lowest BCUT2D eigenvalue weighted by Gasteiger charge is -2.03. The quantitative estimate of drug-likeness (QED) is 0.600. The number of rotatable bonds is 2. The first-order valence-electron chi connectivity index (χ1n) is 4.10. The fourth-order valence-electron chi connectivity index (χ4n) is 1.95. The molecule has 0 amide bonds. The molecule has 0 N–H and O–H groups in total. The van der Waals surface area contributed by atoms with Gasteiger partial charge in [0.15, 0.2) is 0 Å². The van der Waals surface area contributed by atoms with Crippen LogP contribution in [0.2, 0.25) is 0 Å². The Morgan fingerprint density at radius 3 is 2.90 bits per heavy atom. The highest BCUT2D eigenvalue weighted by atomic mass is 32.1. The molecule has 1 saturated heterocycles. The van der Waals surface area contributed by atoms with Crippen molar-refractivity contribution in [3.63, 3.8) is 0 Å². The summed E-state index contributed by atoms with van der Waals surface area (Å²) in [6.07, 6.45) is 2.71. The molecule has 1 aliphatic heterocycles. The van der Waals surface area contributed by atoms with Gasteiger partial charge in [-0.05, 0) is 36.3 Å². The van der Waals surface area contributed by atoms with E-state index in [1.54, 1.807) is 0 Å². The van der Waals surface area contributed by atoms with E-state index >= 15 is 0 Å². The number of ether oxygens (including phenoxy) is 1. The number of hydrogen-bond acceptors (Lipinski definition) is 2. The molecule has 58 valence electrons. The van der Waals surface area contributed by atoms with E-state index in [1.807, 2.05) is 0 Å². The van der Waals surface area contributed by atoms with Crippen LogP contribution in [-0.4, -0.2) is 19.0 Å². The normalized spacial score (nSPS) is 45.9. The van der Waals surface area contributed by atoms with Crippen molar-refractivity contribution in [1.29, 1.82) is 0 Å². The maximum absolute atomic E-state index is 5.33. The van der Waals surface area contributed by atoms with Crippen molar-refractivity contribution >= 4 is 12.6 Å². The summed E-state index contributed by atoms with van der Waals surface area (Å²) in [6, 6.07) is 0. The summed E-state index contributed by atoms with van der Waals surface area (Å²) < 4.78 is 5.33. The average Bonchev–Trinajstić information content (AvgIpc) is 2.56. The molecule has 1 aliphatic carbocycles. The summed E-state index contributed by atoms with van der Waals surface area (Å²) in [4.78, 5) is 0. The smallest absolute Gasteiger partial charge is 0.0497 e. The summed E-state index contributed by atoms with van der Waals surface area (Å²) in [5.41, 5.74) is 0. The standard InChI is InChI=1S/C8H14OS/c10-5-7-3-8(7)6-1-2-9-4-6/h6-8,10H,1-5H2. The minimum absolute atomic E-state index is 0.886. The minimum atomic E-state index is 0.886. The van der Waals surface area contributed by atoms with Crippen molar-refractivity contribution in [2.45, 2.75) is 12.8 Å². The Hall–Kier alpha value is 0.310. The monoisotopic (exact) mass is 158 g/mol. The van der Waals surface area contributed by atoms with Crippen LogP contribution in [0.25, 0.3) is 0 Å². The highest BCUT2D eigenvalue weighted by Crippen LogP contribution is 2.47. The second kappa shape index (κ2) is 2.74. The molecule has 2 fully saturated rings. The lowest BCUT2D eigenvalue weighted by atomic mass is 10.0. The Bertz CT molecular complexity index is 120. The second-order valence-corrected chi connectivity index (χ2v) is 3.83. The molecule has 3 atom stereocenters. The van der Waals surface area contributed by atoms with Gasteiger partial charge in [-0.1, -0.05) is 0 Å². The van der Waals surface area contributed by atoms with Crippen LogP contribution in [0.5, 0.6) is 0 Å². The van der Waals surface area contributed by atoms with Crippen LogP contribution >= 0.6 is 12.6 Å². The van der Waals surface area contributed by atoms with Gasteiger partial charge in [0.2, 0.25) is 0 Å². The Morgan fingerprint density at radius 1 is 1.50 bits per heavy atom. The maximum atomic E-state index is 5.33. The predicted molar refractivity (Wildman–Crippen MR) is 44.4 cm³/mol. The van der Waals surface area contributed by atoms with E-state index in [4.69, 9.17) is 4.74 Å². The van der Waals surface area contributed by atoms with Gasteiger partial charge in [-0.25, -0.2) is 0 Å². The van der Waals surface area contributed by atoms with Crippen molar-refractivity contribution < 1.29 is 4.74 Å². The van der Waals surface area contributed by atoms with Gasteiger partial charge in [0, 0.05) is 13.2 Å². The van der Waals surface area contributed by atoms with Crippen LogP contribution in [0.1, 0.15) is 12.8 Å². The lowest BCUT2D eigenvalue weighted by Crippen LogP contribution is -2.03. The van der Waals surface area contributed by atoms with E-state index in [2.05, 4.69) is 12.6 Å². The van der Waals surface area contributed by atoms with Crippen molar-refractivity contribution in [1.82, 2.24) is 0 Å². The van der Waals surface area contributed by atoms with Crippen molar-refractivity contribution in [3.8, 4) is 0 Å². The maximum Gasteiger partial charge on any atom is 0.0497 e. The van der Waals surface area contributed by atoms with Crippen LogP contribution in [0.4, 0.5) is 0 Å². The summed E-state index contributed by atoms with van der Waals surface area (Å²) in [7, 11) is 0. The fraction of sp³-hybridized carbons (Fsp3) is 1.00. The van der Waals surface area contributed by atoms with Gasteiger partial charge in [-0.2, -0.15) is 12.6 Å². The third-order valence-electron chi connectivity index (χ3n) is 2.78. The first-order chi connectivity index (χ1) is 4.92. The third kappa shape index (κ3) is 1.19. The van der Waals surface area contributed by atoms with Crippen LogP contribution in [-0.2, 0) is 4.74 Å². The molecular formula is C8H14OS. The van der Waals surface area contributed by atoms with Gasteiger partial charge >= 0.3 is 0 Å². The van der Waals surface area contributed by atoms with E-state index in [0.29, 0.717) is 0 Å². The predicted octanol–water partition coefficient (Wildman–Crippen LogP) is 1.59. The first-order valence-corrected chi connectivity index (χ1v) is 4.73. The second-order valence-electron chi connectivity index (χ2n) is 3.47. The van der Waals surface area contributed by atoms with E-state index in [9.17, 15) is 0 Å². The van der Waals surface area contributed by atoms with Crippen molar-refractivity contribution in [2.24, 2.45) is 17.8 Å². The summed E-state index contributed by atoms with van der Waals surface area (Å²) in [6.45, 7) is 2.02. The SMILES string of the molecule is SCC1CC1C1CCOC1. The number of hydrogen-bond donors (Lipinski definition) is 1. The molecule has 1 nitrogen and oxygen atoms in total. The summed E-state index contributed by atoms with van der Waals surface area (Å²) in [5, 5.41) is 0. The largest absolute Gasteiger partial charge is 0.381 e. The van der Waals surface area contributed by atoms with Gasteiger partial charge in [-0.3, -0.25) is 0 Å². The summed E-state index contributed by atoms with van der Waals surface area (Å²) >= 11 is 4.29. The fourth-order valence-corrected chi connectivity index (χ4v) is 2.37. The van der Waals surface area contributed by atoms with Crippen LogP contribution in [0.3, 0.4) is 0 Å². The van der Waals surface area contributed by atoms with Crippen molar-refractivity contribution in [2.75, 3.05) is 19.0 Å². The minimum Gasteiger partial charge on any atom is -0.381 e. The Labute approximate surface area is 67.6 Å². The number of thiol groups is 1. The van der Waals surface area contributed by atoms with E-state index in [0.717, 1.165) is 36.7 Å². The van der Waals surface area contributed by atoms with Gasteiger partial charge in [0.1, 0.15) is 0 Å². The Kier molecular flexibility index (Phi) is 1.92. The van der Waals surface area contributed by atoms with Gasteiger partial charge in [0.05, 0.1) is 0 Å². The van der Waals surface area contributed by atoms with E-state index < -0.39 is 0 Å². The Balaban J connectivity index is 1.79. The average molecular weight is 158 g/mol. The van der Waals surface area contributed by atoms with Crippen molar-refractivity contribution in [3.05, 3.63) is 0 Å². The lowest BCUT2D eigenvalue weighted by molar-refractivity contribution is 0.181. The molecule has 1 heterocycles. The molecule has 0 aromatic heterocycles. The molecule has 0 aromatic carbocycles. The molecular weight excluding hydrogens is 144 g/mol. The zero-order chi connectivity index (χ0) is 6.97. The van der Waals surface area contributed by atoms with Gasteiger partial charge in [0.25, 0.3) is 0 Å². The molecule has 10 heavy (non-hydrogen) atoms. The molecule has 2 aliphatic rings.